The highest BCUT2D eigenvalue weighted by molar-refractivity contribution is 7.15. The Kier molecular flexibility index (Phi) is 3.15. The number of aryl methyl sites for hydroxylation is 1. The summed E-state index contributed by atoms with van der Waals surface area (Å²) in [6.07, 6.45) is 1.79. The van der Waals surface area contributed by atoms with E-state index in [1.165, 1.54) is 23.1 Å². The number of nitrogens with zero attached hydrogens (tertiary/aromatic N) is 3. The molecule has 1 aromatic carbocycles. The van der Waals surface area contributed by atoms with Crippen molar-refractivity contribution in [1.82, 2.24) is 13.7 Å². The molecule has 4 nitrogen and oxygen atoms in total. The van der Waals surface area contributed by atoms with Crippen molar-refractivity contribution < 1.29 is 0 Å². The molecule has 0 fully saturated rings. The highest BCUT2D eigenvalue weighted by Crippen LogP contribution is 2.24. The van der Waals surface area contributed by atoms with Gasteiger partial charge in [0, 0.05) is 16.8 Å². The van der Waals surface area contributed by atoms with E-state index in [1.807, 2.05) is 12.1 Å². The molecule has 1 N–H and O–H groups in total. The Bertz CT molecular complexity index is 691. The number of halogens is 1. The fourth-order valence-corrected chi connectivity index (χ4v) is 3.10. The normalized spacial score (nSPS) is 11.0. The summed E-state index contributed by atoms with van der Waals surface area (Å²) in [5.74, 6) is 0. The Morgan fingerprint density at radius 1 is 1.28 bits per heavy atom. The maximum atomic E-state index is 5.80. The second-order valence-corrected chi connectivity index (χ2v) is 6.08. The van der Waals surface area contributed by atoms with Crippen LogP contribution in [0.25, 0.3) is 11.0 Å². The molecule has 2 aromatic heterocycles. The largest absolute Gasteiger partial charge is 0.380 e. The lowest BCUT2D eigenvalue weighted by atomic mass is 10.1. The van der Waals surface area contributed by atoms with Crippen molar-refractivity contribution in [2.24, 2.45) is 0 Å². The zero-order chi connectivity index (χ0) is 12.5. The molecule has 0 unspecified atom stereocenters. The molecule has 0 spiro atoms. The third-order valence-corrected chi connectivity index (χ3v) is 4.25. The predicted octanol–water partition coefficient (Wildman–Crippen LogP) is 3.72. The maximum Gasteiger partial charge on any atom is 0.183 e. The lowest BCUT2D eigenvalue weighted by Gasteiger charge is -2.07. The van der Waals surface area contributed by atoms with Crippen molar-refractivity contribution >= 4 is 51.4 Å². The predicted molar refractivity (Wildman–Crippen MR) is 76.6 cm³/mol. The number of fused-ring (bicyclic) bond motifs is 1. The van der Waals surface area contributed by atoms with Crippen LogP contribution in [0, 0.1) is 6.92 Å². The van der Waals surface area contributed by atoms with Gasteiger partial charge in [-0.1, -0.05) is 11.6 Å². The second-order valence-electron chi connectivity index (χ2n) is 3.85. The first kappa shape index (κ1) is 11.8. The van der Waals surface area contributed by atoms with Gasteiger partial charge in [-0.3, -0.25) is 0 Å². The van der Waals surface area contributed by atoms with Gasteiger partial charge in [-0.2, -0.15) is 8.75 Å². The van der Waals surface area contributed by atoms with Crippen LogP contribution in [-0.4, -0.2) is 13.7 Å². The molecule has 0 aliphatic carbocycles. The zero-order valence-corrected chi connectivity index (χ0v) is 11.9. The van der Waals surface area contributed by atoms with Crippen LogP contribution >= 0.6 is 34.7 Å². The van der Waals surface area contributed by atoms with E-state index < -0.39 is 0 Å². The molecular weight excluding hydrogens is 288 g/mol. The van der Waals surface area contributed by atoms with E-state index in [2.05, 4.69) is 26.0 Å². The smallest absolute Gasteiger partial charge is 0.183 e. The van der Waals surface area contributed by atoms with Gasteiger partial charge in [0.05, 0.1) is 18.3 Å². The first-order valence-electron chi connectivity index (χ1n) is 5.29. The van der Waals surface area contributed by atoms with Crippen molar-refractivity contribution in [1.29, 1.82) is 0 Å². The Morgan fingerprint density at radius 3 is 2.78 bits per heavy atom. The van der Waals surface area contributed by atoms with Crippen molar-refractivity contribution in [3.63, 3.8) is 0 Å². The average Bonchev–Trinajstić information content (AvgIpc) is 2.94. The van der Waals surface area contributed by atoms with Crippen LogP contribution in [0.5, 0.6) is 0 Å². The Labute approximate surface area is 117 Å². The minimum Gasteiger partial charge on any atom is -0.380 e. The minimum atomic E-state index is 0.572. The number of hydrogen-bond acceptors (Lipinski definition) is 6. The highest BCUT2D eigenvalue weighted by atomic mass is 35.5. The standard InChI is InChI=1S/C11H9ClN4S2/c1-6-2-9-10(16-18-15-9)3-8(6)13-4-7-5-14-11(12)17-7/h2-3,5,13H,4H2,1H3. The monoisotopic (exact) mass is 296 g/mol. The van der Waals surface area contributed by atoms with E-state index in [-0.39, 0.29) is 0 Å². The van der Waals surface area contributed by atoms with E-state index in [0.29, 0.717) is 11.0 Å². The molecule has 0 aliphatic heterocycles. The summed E-state index contributed by atoms with van der Waals surface area (Å²) in [4.78, 5) is 5.12. The van der Waals surface area contributed by atoms with Crippen LogP contribution in [0.15, 0.2) is 18.3 Å². The van der Waals surface area contributed by atoms with Crippen molar-refractivity contribution in [2.45, 2.75) is 13.5 Å². The summed E-state index contributed by atoms with van der Waals surface area (Å²) < 4.78 is 9.03. The van der Waals surface area contributed by atoms with Gasteiger partial charge in [0.2, 0.25) is 0 Å². The number of rotatable bonds is 3. The number of aromatic nitrogens is 3. The first-order chi connectivity index (χ1) is 8.72. The third kappa shape index (κ3) is 2.31. The van der Waals surface area contributed by atoms with Crippen molar-refractivity contribution in [2.75, 3.05) is 5.32 Å². The lowest BCUT2D eigenvalue weighted by Crippen LogP contribution is -1.99. The molecular formula is C11H9ClN4S2. The third-order valence-electron chi connectivity index (χ3n) is 2.58. The Morgan fingerprint density at radius 2 is 2.06 bits per heavy atom. The van der Waals surface area contributed by atoms with Gasteiger partial charge < -0.3 is 5.32 Å². The minimum absolute atomic E-state index is 0.572. The SMILES string of the molecule is Cc1cc2nsnc2cc1NCc1cnc(Cl)s1. The molecule has 3 rings (SSSR count). The average molecular weight is 297 g/mol. The summed E-state index contributed by atoms with van der Waals surface area (Å²) in [5.41, 5.74) is 4.10. The summed E-state index contributed by atoms with van der Waals surface area (Å²) >= 11 is 8.52. The number of nitrogens with one attached hydrogen (secondary N) is 1. The topological polar surface area (TPSA) is 50.7 Å². The van der Waals surface area contributed by atoms with E-state index in [9.17, 15) is 0 Å². The molecule has 0 amide bonds. The van der Waals surface area contributed by atoms with Crippen LogP contribution in [-0.2, 0) is 6.54 Å². The Balaban J connectivity index is 1.83. The fourth-order valence-electron chi connectivity index (χ4n) is 1.67. The van der Waals surface area contributed by atoms with Gasteiger partial charge in [0.25, 0.3) is 0 Å². The van der Waals surface area contributed by atoms with Crippen molar-refractivity contribution in [3.8, 4) is 0 Å². The molecule has 7 heteroatoms. The number of thiazole rings is 1. The van der Waals surface area contributed by atoms with Gasteiger partial charge in [-0.25, -0.2) is 4.98 Å². The van der Waals surface area contributed by atoms with Crippen LogP contribution < -0.4 is 5.32 Å². The number of benzene rings is 1. The van der Waals surface area contributed by atoms with Crippen molar-refractivity contribution in [3.05, 3.63) is 33.2 Å². The summed E-state index contributed by atoms with van der Waals surface area (Å²) in [6.45, 7) is 2.77. The molecule has 18 heavy (non-hydrogen) atoms. The first-order valence-corrected chi connectivity index (χ1v) is 7.22. The van der Waals surface area contributed by atoms with Gasteiger partial charge in [-0.15, -0.1) is 11.3 Å². The maximum absolute atomic E-state index is 5.80. The molecule has 92 valence electrons. The second kappa shape index (κ2) is 4.79. The van der Waals surface area contributed by atoms with E-state index in [0.717, 1.165) is 27.2 Å². The van der Waals surface area contributed by atoms with Gasteiger partial charge in [0.1, 0.15) is 11.0 Å². The van der Waals surface area contributed by atoms with Gasteiger partial charge in [-0.05, 0) is 24.6 Å². The highest BCUT2D eigenvalue weighted by Gasteiger charge is 2.05. The molecule has 0 saturated heterocycles. The summed E-state index contributed by atoms with van der Waals surface area (Å²) in [5, 5.41) is 3.37. The van der Waals surface area contributed by atoms with Crippen LogP contribution in [0.1, 0.15) is 10.4 Å². The summed E-state index contributed by atoms with van der Waals surface area (Å²) in [7, 11) is 0. The van der Waals surface area contributed by atoms with Crippen LogP contribution in [0.4, 0.5) is 5.69 Å². The van der Waals surface area contributed by atoms with E-state index in [4.69, 9.17) is 11.6 Å². The van der Waals surface area contributed by atoms with Gasteiger partial charge >= 0.3 is 0 Å². The molecule has 2 heterocycles. The summed E-state index contributed by atoms with van der Waals surface area (Å²) in [6, 6.07) is 4.07. The van der Waals surface area contributed by atoms with E-state index >= 15 is 0 Å². The number of hydrogen-bond donors (Lipinski definition) is 1. The van der Waals surface area contributed by atoms with Crippen LogP contribution in [0.2, 0.25) is 4.47 Å². The molecule has 0 aliphatic rings. The number of anilines is 1. The quantitative estimate of drug-likeness (QED) is 0.800. The van der Waals surface area contributed by atoms with E-state index in [1.54, 1.807) is 6.20 Å². The van der Waals surface area contributed by atoms with Crippen LogP contribution in [0.3, 0.4) is 0 Å². The molecule has 0 radical (unpaired) electrons. The molecule has 3 aromatic rings. The lowest BCUT2D eigenvalue weighted by molar-refractivity contribution is 1.17. The fraction of sp³-hybridized carbons (Fsp3) is 0.182. The Hall–Kier alpha value is -1.24. The molecule has 0 saturated carbocycles. The zero-order valence-electron chi connectivity index (χ0n) is 9.48. The molecule has 0 bridgehead atoms. The molecule has 0 atom stereocenters. The van der Waals surface area contributed by atoms with Gasteiger partial charge in [0.15, 0.2) is 4.47 Å².